The van der Waals surface area contributed by atoms with Gasteiger partial charge in [-0.15, -0.1) is 6.58 Å². The monoisotopic (exact) mass is 222 g/mol. The zero-order chi connectivity index (χ0) is 12.0. The summed E-state index contributed by atoms with van der Waals surface area (Å²) in [7, 11) is 0. The Morgan fingerprint density at radius 2 is 1.81 bits per heavy atom. The molecule has 3 atom stereocenters. The van der Waals surface area contributed by atoms with Crippen molar-refractivity contribution in [2.24, 2.45) is 11.3 Å². The number of hydrogen-bond donors (Lipinski definition) is 0. The molecule has 0 bridgehead atoms. The molecule has 1 saturated carbocycles. The van der Waals surface area contributed by atoms with Gasteiger partial charge in [0.2, 0.25) is 0 Å². The smallest absolute Gasteiger partial charge is 0.0839 e. The largest absolute Gasteiger partial charge is 0.365 e. The molecule has 0 aromatic rings. The van der Waals surface area contributed by atoms with Gasteiger partial charge in [0.25, 0.3) is 0 Å². The highest BCUT2D eigenvalue weighted by Crippen LogP contribution is 2.54. The molecule has 1 heteroatoms. The quantitative estimate of drug-likeness (QED) is 0.600. The van der Waals surface area contributed by atoms with Crippen LogP contribution in [-0.4, -0.2) is 11.2 Å². The minimum atomic E-state index is -0.0985. The van der Waals surface area contributed by atoms with Crippen molar-refractivity contribution in [3.63, 3.8) is 0 Å². The molecule has 0 spiro atoms. The molecule has 1 heterocycles. The van der Waals surface area contributed by atoms with Crippen LogP contribution < -0.4 is 0 Å². The lowest BCUT2D eigenvalue weighted by Crippen LogP contribution is -2.56. The van der Waals surface area contributed by atoms with Crippen LogP contribution in [0.15, 0.2) is 12.7 Å². The molecule has 0 aromatic heterocycles. The van der Waals surface area contributed by atoms with Gasteiger partial charge in [-0.05, 0) is 50.9 Å². The average molecular weight is 222 g/mol. The summed E-state index contributed by atoms with van der Waals surface area (Å²) in [6, 6.07) is 0. The van der Waals surface area contributed by atoms with E-state index in [2.05, 4.69) is 34.3 Å². The zero-order valence-corrected chi connectivity index (χ0v) is 11.3. The summed E-state index contributed by atoms with van der Waals surface area (Å²) in [5.41, 5.74) is 0.414. The van der Waals surface area contributed by atoms with Gasteiger partial charge in [-0.3, -0.25) is 0 Å². The van der Waals surface area contributed by atoms with Gasteiger partial charge in [0.05, 0.1) is 11.2 Å². The summed E-state index contributed by atoms with van der Waals surface area (Å²) < 4.78 is 6.43. The molecule has 1 aliphatic heterocycles. The molecule has 0 radical (unpaired) electrons. The Hall–Kier alpha value is -0.300. The SMILES string of the molecule is C=CC1(C)CCC2C(C)(C)CCCC2(C)O1. The summed E-state index contributed by atoms with van der Waals surface area (Å²) in [4.78, 5) is 0. The van der Waals surface area contributed by atoms with E-state index in [1.165, 1.54) is 25.7 Å². The second-order valence-electron chi connectivity index (χ2n) is 6.86. The van der Waals surface area contributed by atoms with E-state index in [0.717, 1.165) is 6.42 Å². The third-order valence-corrected chi connectivity index (χ3v) is 5.00. The van der Waals surface area contributed by atoms with Gasteiger partial charge in [0.15, 0.2) is 0 Å². The van der Waals surface area contributed by atoms with Crippen LogP contribution in [0.1, 0.15) is 59.8 Å². The van der Waals surface area contributed by atoms with Gasteiger partial charge in [0.1, 0.15) is 0 Å². The van der Waals surface area contributed by atoms with Crippen molar-refractivity contribution in [1.29, 1.82) is 0 Å². The van der Waals surface area contributed by atoms with Crippen LogP contribution in [0.3, 0.4) is 0 Å². The Morgan fingerprint density at radius 1 is 1.12 bits per heavy atom. The normalized spacial score (nSPS) is 47.1. The molecule has 0 amide bonds. The molecule has 1 saturated heterocycles. The number of hydrogen-bond acceptors (Lipinski definition) is 1. The van der Waals surface area contributed by atoms with Crippen molar-refractivity contribution in [2.45, 2.75) is 71.0 Å². The first-order valence-electron chi connectivity index (χ1n) is 6.65. The minimum absolute atomic E-state index is 0.0724. The van der Waals surface area contributed by atoms with E-state index in [0.29, 0.717) is 11.3 Å². The fourth-order valence-electron chi connectivity index (χ4n) is 4.05. The van der Waals surface area contributed by atoms with Gasteiger partial charge < -0.3 is 4.74 Å². The van der Waals surface area contributed by atoms with E-state index in [-0.39, 0.29) is 11.2 Å². The van der Waals surface area contributed by atoms with E-state index in [1.54, 1.807) is 0 Å². The van der Waals surface area contributed by atoms with Gasteiger partial charge in [-0.2, -0.15) is 0 Å². The number of ether oxygens (including phenoxy) is 1. The maximum Gasteiger partial charge on any atom is 0.0839 e. The highest BCUT2D eigenvalue weighted by molar-refractivity contribution is 5.07. The lowest BCUT2D eigenvalue weighted by Gasteiger charge is -2.57. The van der Waals surface area contributed by atoms with E-state index in [4.69, 9.17) is 4.74 Å². The van der Waals surface area contributed by atoms with Gasteiger partial charge in [-0.25, -0.2) is 0 Å². The van der Waals surface area contributed by atoms with Crippen molar-refractivity contribution in [3.8, 4) is 0 Å². The third kappa shape index (κ3) is 1.84. The van der Waals surface area contributed by atoms with Crippen molar-refractivity contribution >= 4 is 0 Å². The molecular formula is C15H26O. The second kappa shape index (κ2) is 3.60. The fourth-order valence-corrected chi connectivity index (χ4v) is 4.05. The number of rotatable bonds is 1. The van der Waals surface area contributed by atoms with Crippen LogP contribution >= 0.6 is 0 Å². The molecule has 2 fully saturated rings. The zero-order valence-electron chi connectivity index (χ0n) is 11.3. The predicted molar refractivity (Wildman–Crippen MR) is 68.4 cm³/mol. The Labute approximate surface area is 100 Å². The Morgan fingerprint density at radius 3 is 2.44 bits per heavy atom. The molecule has 3 unspecified atom stereocenters. The standard InChI is InChI=1S/C15H26O/c1-6-14(4)11-8-12-13(2,3)9-7-10-15(12,5)16-14/h6,12H,1,7-11H2,2-5H3. The van der Waals surface area contributed by atoms with Crippen molar-refractivity contribution in [2.75, 3.05) is 0 Å². The van der Waals surface area contributed by atoms with Crippen molar-refractivity contribution in [1.82, 2.24) is 0 Å². The van der Waals surface area contributed by atoms with Crippen LogP contribution in [0.5, 0.6) is 0 Å². The van der Waals surface area contributed by atoms with Crippen LogP contribution in [0, 0.1) is 11.3 Å². The first-order valence-corrected chi connectivity index (χ1v) is 6.65. The summed E-state index contributed by atoms with van der Waals surface area (Å²) >= 11 is 0. The summed E-state index contributed by atoms with van der Waals surface area (Å²) in [6.45, 7) is 13.3. The first-order chi connectivity index (χ1) is 7.31. The maximum atomic E-state index is 6.43. The fraction of sp³-hybridized carbons (Fsp3) is 0.867. The van der Waals surface area contributed by atoms with E-state index in [1.807, 2.05) is 6.08 Å². The predicted octanol–water partition coefficient (Wildman–Crippen LogP) is 4.33. The van der Waals surface area contributed by atoms with Crippen LogP contribution in [0.2, 0.25) is 0 Å². The van der Waals surface area contributed by atoms with E-state index in [9.17, 15) is 0 Å². The van der Waals surface area contributed by atoms with Crippen molar-refractivity contribution in [3.05, 3.63) is 12.7 Å². The van der Waals surface area contributed by atoms with Gasteiger partial charge in [0, 0.05) is 0 Å². The Kier molecular flexibility index (Phi) is 2.73. The lowest BCUT2D eigenvalue weighted by atomic mass is 9.58. The summed E-state index contributed by atoms with van der Waals surface area (Å²) in [5, 5.41) is 0. The first kappa shape index (κ1) is 12.2. The van der Waals surface area contributed by atoms with E-state index >= 15 is 0 Å². The van der Waals surface area contributed by atoms with Gasteiger partial charge >= 0.3 is 0 Å². The maximum absolute atomic E-state index is 6.43. The summed E-state index contributed by atoms with van der Waals surface area (Å²) in [6.07, 6.45) is 8.27. The van der Waals surface area contributed by atoms with Crippen LogP contribution in [0.4, 0.5) is 0 Å². The Bertz CT molecular complexity index is 294. The highest BCUT2D eigenvalue weighted by atomic mass is 16.5. The van der Waals surface area contributed by atoms with Crippen LogP contribution in [-0.2, 0) is 4.74 Å². The Balaban J connectivity index is 2.26. The molecule has 0 N–H and O–H groups in total. The van der Waals surface area contributed by atoms with Crippen molar-refractivity contribution < 1.29 is 4.74 Å². The highest BCUT2D eigenvalue weighted by Gasteiger charge is 2.52. The van der Waals surface area contributed by atoms with Crippen LogP contribution in [0.25, 0.3) is 0 Å². The topological polar surface area (TPSA) is 9.23 Å². The molecule has 2 rings (SSSR count). The molecule has 0 aromatic carbocycles. The molecule has 92 valence electrons. The average Bonchev–Trinajstić information content (AvgIpc) is 2.15. The van der Waals surface area contributed by atoms with E-state index < -0.39 is 0 Å². The number of fused-ring (bicyclic) bond motifs is 1. The molecule has 1 nitrogen and oxygen atoms in total. The molecule has 1 aliphatic carbocycles. The minimum Gasteiger partial charge on any atom is -0.365 e. The molecule has 2 aliphatic rings. The molecular weight excluding hydrogens is 196 g/mol. The molecule has 16 heavy (non-hydrogen) atoms. The van der Waals surface area contributed by atoms with Gasteiger partial charge in [-0.1, -0.05) is 26.3 Å². The second-order valence-corrected chi connectivity index (χ2v) is 6.86. The lowest BCUT2D eigenvalue weighted by molar-refractivity contribution is -0.221. The summed E-state index contributed by atoms with van der Waals surface area (Å²) in [5.74, 6) is 0.710. The third-order valence-electron chi connectivity index (χ3n) is 5.00.